The molecule has 0 unspecified atom stereocenters. The number of amides is 2. The first-order chi connectivity index (χ1) is 41.4. The van der Waals surface area contributed by atoms with E-state index in [9.17, 15) is 14.4 Å². The fraction of sp³-hybridized carbons (Fsp3) is 0.435. The molecule has 0 aromatic heterocycles. The van der Waals surface area contributed by atoms with Crippen LogP contribution in [-0.4, -0.2) is 116 Å². The van der Waals surface area contributed by atoms with Crippen molar-refractivity contribution in [2.75, 3.05) is 13.2 Å². The molecule has 17 nitrogen and oxygen atoms in total. The van der Waals surface area contributed by atoms with E-state index in [2.05, 4.69) is 10.6 Å². The molecule has 460 valence electrons. The molecule has 6 aromatic rings. The monoisotopic (exact) mass is 1180 g/mol. The van der Waals surface area contributed by atoms with Crippen LogP contribution in [0.4, 0.5) is 4.79 Å². The zero-order chi connectivity index (χ0) is 60.9. The van der Waals surface area contributed by atoms with Crippen molar-refractivity contribution in [1.29, 1.82) is 0 Å². The quantitative estimate of drug-likeness (QED) is 0.0442. The molecule has 12 atom stereocenters. The number of hydrogen-bond donors (Lipinski definition) is 2. The van der Waals surface area contributed by atoms with Gasteiger partial charge >= 0.3 is 12.1 Å². The molecule has 8 rings (SSSR count). The van der Waals surface area contributed by atoms with Crippen molar-refractivity contribution in [2.45, 2.75) is 180 Å². The Hall–Kier alpha value is -6.87. The molecule has 86 heavy (non-hydrogen) atoms. The molecule has 2 heterocycles. The van der Waals surface area contributed by atoms with Gasteiger partial charge in [-0.15, -0.1) is 0 Å². The Labute approximate surface area is 506 Å². The first kappa shape index (κ1) is 65.1. The first-order valence-corrected chi connectivity index (χ1v) is 29.4. The van der Waals surface area contributed by atoms with Gasteiger partial charge in [0.05, 0.1) is 59.0 Å². The van der Waals surface area contributed by atoms with Gasteiger partial charge in [0.25, 0.3) is 0 Å². The lowest BCUT2D eigenvalue weighted by atomic mass is 9.94. The molecular formula is C69H84N2O15. The Morgan fingerprint density at radius 1 is 0.453 bits per heavy atom. The SMILES string of the molecule is CC(=O)N[C@H]1[C@@H](O[C@H](C)[C@H](NC(=O)OC(C)(C)C)C(=O)OC(C)(C)C)O[C@H](COCc2ccccc2)[C@H](OCc2ccccc2)[C@@H]1O[C@@H]1O[C@H](COCc2ccccc2)[C@H](OCc2ccccc2)[C@H](OCc2ccccc2)[C@H]1OCc1ccccc1. The van der Waals surface area contributed by atoms with Crippen LogP contribution >= 0.6 is 0 Å². The standard InChI is InChI=1S/C69H84N2O15/c1-47(57(64(73)85-68(3,4)5)71-67(74)86-69(6,7)8)81-65-58(70-48(2)72)61(59(77-41-51-31-19-11-20-32-51)55(82-65)45-75-39-49-27-15-9-16-28-49)84-66-63(80-44-54-37-25-14-26-38-54)62(79-43-53-35-23-13-24-36-53)60(78-42-52-33-21-12-22-34-52)56(83-66)46-76-40-50-29-17-10-18-30-50/h9-38,47,55-63,65-66H,39-46H2,1-8H3,(H,70,72)(H,71,74)/t47-,55-,56-,57+,58-,59+,60+,61-,62+,63-,65+,66+/m1/s1. The van der Waals surface area contributed by atoms with Gasteiger partial charge in [-0.3, -0.25) is 4.79 Å². The van der Waals surface area contributed by atoms with Crippen molar-refractivity contribution >= 4 is 18.0 Å². The van der Waals surface area contributed by atoms with E-state index in [1.807, 2.05) is 182 Å². The summed E-state index contributed by atoms with van der Waals surface area (Å²) < 4.78 is 81.5. The summed E-state index contributed by atoms with van der Waals surface area (Å²) in [5, 5.41) is 5.78. The lowest BCUT2D eigenvalue weighted by Crippen LogP contribution is -2.69. The first-order valence-electron chi connectivity index (χ1n) is 29.4. The zero-order valence-electron chi connectivity index (χ0n) is 50.5. The summed E-state index contributed by atoms with van der Waals surface area (Å²) in [5.74, 6) is -1.28. The lowest BCUT2D eigenvalue weighted by Gasteiger charge is -2.51. The summed E-state index contributed by atoms with van der Waals surface area (Å²) in [7, 11) is 0. The van der Waals surface area contributed by atoms with E-state index < -0.39 is 103 Å². The average Bonchev–Trinajstić information content (AvgIpc) is 1.40. The fourth-order valence-electron chi connectivity index (χ4n) is 10.0. The highest BCUT2D eigenvalue weighted by molar-refractivity contribution is 5.82. The van der Waals surface area contributed by atoms with Gasteiger partial charge in [-0.25, -0.2) is 9.59 Å². The highest BCUT2D eigenvalue weighted by Gasteiger charge is 2.55. The number of carbonyl (C=O) groups is 3. The van der Waals surface area contributed by atoms with Crippen molar-refractivity contribution in [2.24, 2.45) is 0 Å². The lowest BCUT2D eigenvalue weighted by molar-refractivity contribution is -0.364. The Bertz CT molecular complexity index is 2930. The smallest absolute Gasteiger partial charge is 0.408 e. The molecule has 0 bridgehead atoms. The summed E-state index contributed by atoms with van der Waals surface area (Å²) in [6, 6.07) is 55.9. The number of benzene rings is 6. The van der Waals surface area contributed by atoms with Gasteiger partial charge in [0.15, 0.2) is 18.6 Å². The molecule has 2 amide bonds. The maximum atomic E-state index is 14.2. The third kappa shape index (κ3) is 20.7. The topological polar surface area (TPSA) is 186 Å². The van der Waals surface area contributed by atoms with Crippen molar-refractivity contribution in [3.8, 4) is 0 Å². The maximum Gasteiger partial charge on any atom is 0.408 e. The summed E-state index contributed by atoms with van der Waals surface area (Å²) in [6.07, 6.45) is -11.8. The predicted molar refractivity (Wildman–Crippen MR) is 322 cm³/mol. The van der Waals surface area contributed by atoms with E-state index >= 15 is 0 Å². The number of hydrogen-bond acceptors (Lipinski definition) is 15. The molecule has 2 aliphatic rings. The Morgan fingerprint density at radius 2 is 0.802 bits per heavy atom. The second-order valence-electron chi connectivity index (χ2n) is 23.5. The summed E-state index contributed by atoms with van der Waals surface area (Å²) >= 11 is 0. The van der Waals surface area contributed by atoms with Crippen molar-refractivity contribution in [1.82, 2.24) is 10.6 Å². The van der Waals surface area contributed by atoms with Gasteiger partial charge in [-0.05, 0) is 81.8 Å². The summed E-state index contributed by atoms with van der Waals surface area (Å²) in [5.41, 5.74) is 3.51. The third-order valence-electron chi connectivity index (χ3n) is 14.0. The molecule has 17 heteroatoms. The van der Waals surface area contributed by atoms with E-state index in [0.717, 1.165) is 33.4 Å². The number of alkyl carbamates (subject to hydrolysis) is 1. The van der Waals surface area contributed by atoms with E-state index in [1.54, 1.807) is 48.5 Å². The number of rotatable bonds is 28. The van der Waals surface area contributed by atoms with Crippen LogP contribution in [0, 0.1) is 0 Å². The molecule has 0 saturated carbocycles. The number of ether oxygens (including phenoxy) is 12. The van der Waals surface area contributed by atoms with Gasteiger partial charge in [-0.1, -0.05) is 182 Å². The van der Waals surface area contributed by atoms with Crippen molar-refractivity contribution < 1.29 is 71.2 Å². The van der Waals surface area contributed by atoms with E-state index in [1.165, 1.54) is 6.92 Å². The van der Waals surface area contributed by atoms with E-state index in [-0.39, 0.29) is 52.9 Å². The van der Waals surface area contributed by atoms with Crippen LogP contribution in [0.15, 0.2) is 182 Å². The third-order valence-corrected chi connectivity index (χ3v) is 14.0. The Balaban J connectivity index is 1.25. The second-order valence-corrected chi connectivity index (χ2v) is 23.5. The van der Waals surface area contributed by atoms with Crippen molar-refractivity contribution in [3.63, 3.8) is 0 Å². The van der Waals surface area contributed by atoms with Gasteiger partial charge in [0.2, 0.25) is 5.91 Å². The molecule has 0 radical (unpaired) electrons. The number of nitrogens with one attached hydrogen (secondary N) is 2. The number of esters is 1. The zero-order valence-corrected chi connectivity index (χ0v) is 50.5. The highest BCUT2D eigenvalue weighted by Crippen LogP contribution is 2.37. The predicted octanol–water partition coefficient (Wildman–Crippen LogP) is 10.7. The molecule has 6 aromatic carbocycles. The Morgan fingerprint density at radius 3 is 1.19 bits per heavy atom. The average molecular weight is 1180 g/mol. The van der Waals surface area contributed by atoms with Gasteiger partial charge < -0.3 is 67.5 Å². The van der Waals surface area contributed by atoms with Crippen LogP contribution in [0.25, 0.3) is 0 Å². The molecule has 0 spiro atoms. The van der Waals surface area contributed by atoms with Crippen LogP contribution in [0.5, 0.6) is 0 Å². The van der Waals surface area contributed by atoms with Gasteiger partial charge in [0.1, 0.15) is 60.0 Å². The molecule has 2 saturated heterocycles. The minimum absolute atomic E-state index is 0.0254. The summed E-state index contributed by atoms with van der Waals surface area (Å²) in [4.78, 5) is 41.7. The normalized spacial score (nSPS) is 23.1. The number of carbonyl (C=O) groups excluding carboxylic acids is 3. The molecule has 2 aliphatic heterocycles. The van der Waals surface area contributed by atoms with Crippen LogP contribution < -0.4 is 10.6 Å². The largest absolute Gasteiger partial charge is 0.458 e. The van der Waals surface area contributed by atoms with Gasteiger partial charge in [-0.2, -0.15) is 0 Å². The van der Waals surface area contributed by atoms with Crippen LogP contribution in [0.3, 0.4) is 0 Å². The van der Waals surface area contributed by atoms with Crippen LogP contribution in [0.1, 0.15) is 88.8 Å². The van der Waals surface area contributed by atoms with Crippen molar-refractivity contribution in [3.05, 3.63) is 215 Å². The molecule has 2 N–H and O–H groups in total. The van der Waals surface area contributed by atoms with Crippen LogP contribution in [0.2, 0.25) is 0 Å². The minimum atomic E-state index is -1.45. The minimum Gasteiger partial charge on any atom is -0.458 e. The molecule has 2 fully saturated rings. The molecule has 0 aliphatic carbocycles. The second kappa shape index (κ2) is 32.2. The van der Waals surface area contributed by atoms with E-state index in [0.29, 0.717) is 0 Å². The maximum absolute atomic E-state index is 14.2. The van der Waals surface area contributed by atoms with Crippen LogP contribution in [-0.2, 0) is 106 Å². The summed E-state index contributed by atoms with van der Waals surface area (Å²) in [6.45, 7) is 14.2. The highest BCUT2D eigenvalue weighted by atomic mass is 16.8. The van der Waals surface area contributed by atoms with Gasteiger partial charge in [0, 0.05) is 6.92 Å². The fourth-order valence-corrected chi connectivity index (χ4v) is 10.0. The molecular weight excluding hydrogens is 1100 g/mol. The van der Waals surface area contributed by atoms with E-state index in [4.69, 9.17) is 56.8 Å². The Kier molecular flexibility index (Phi) is 24.4.